The predicted molar refractivity (Wildman–Crippen MR) is 138 cm³/mol. The van der Waals surface area contributed by atoms with Crippen LogP contribution in [0.5, 0.6) is 0 Å². The average molecular weight is 509 g/mol. The molecule has 1 unspecified atom stereocenters. The van der Waals surface area contributed by atoms with Crippen LogP contribution in [0.2, 0.25) is 5.02 Å². The summed E-state index contributed by atoms with van der Waals surface area (Å²) in [6, 6.07) is 13.3. The number of carbonyl (C=O) groups is 2. The molecular weight excluding hydrogens is 484 g/mol. The Labute approximate surface area is 212 Å². The number of anilines is 1. The molecule has 8 nitrogen and oxygen atoms in total. The Hall–Kier alpha value is -3.27. The van der Waals surface area contributed by atoms with Crippen molar-refractivity contribution in [3.63, 3.8) is 0 Å². The van der Waals surface area contributed by atoms with Crippen LogP contribution in [0, 0.1) is 5.92 Å². The summed E-state index contributed by atoms with van der Waals surface area (Å²) in [5.74, 6) is 0.816. The van der Waals surface area contributed by atoms with Crippen molar-refractivity contribution in [2.75, 3.05) is 32.1 Å². The summed E-state index contributed by atoms with van der Waals surface area (Å²) in [6.45, 7) is 1.71. The van der Waals surface area contributed by atoms with Crippen LogP contribution >= 0.6 is 22.9 Å². The molecule has 1 fully saturated rings. The maximum absolute atomic E-state index is 12.7. The average Bonchev–Trinajstić information content (AvgIpc) is 3.55. The van der Waals surface area contributed by atoms with E-state index in [4.69, 9.17) is 11.6 Å². The topological polar surface area (TPSA) is 83.4 Å². The van der Waals surface area contributed by atoms with E-state index in [1.807, 2.05) is 55.2 Å². The Bertz CT molecular complexity index is 1380. The minimum Gasteiger partial charge on any atom is -0.350 e. The SMILES string of the molecule is CN(C)Cc1nccn1-c1ccc(N2CC(CNC(=O)c3nc4cc(Cl)ccc4s3)CC2=O)cc1. The smallest absolute Gasteiger partial charge is 0.280 e. The van der Waals surface area contributed by atoms with Gasteiger partial charge in [-0.25, -0.2) is 9.97 Å². The summed E-state index contributed by atoms with van der Waals surface area (Å²) in [5, 5.41) is 3.93. The van der Waals surface area contributed by atoms with Crippen LogP contribution in [-0.2, 0) is 11.3 Å². The van der Waals surface area contributed by atoms with E-state index in [1.165, 1.54) is 11.3 Å². The maximum atomic E-state index is 12.7. The lowest BCUT2D eigenvalue weighted by molar-refractivity contribution is -0.117. The van der Waals surface area contributed by atoms with E-state index in [2.05, 4.69) is 20.2 Å². The van der Waals surface area contributed by atoms with Gasteiger partial charge in [-0.3, -0.25) is 9.59 Å². The van der Waals surface area contributed by atoms with Crippen LogP contribution in [0.1, 0.15) is 22.0 Å². The lowest BCUT2D eigenvalue weighted by atomic mass is 10.1. The minimum absolute atomic E-state index is 0.0373. The molecule has 3 heterocycles. The highest BCUT2D eigenvalue weighted by molar-refractivity contribution is 7.20. The molecule has 1 N–H and O–H groups in total. The third kappa shape index (κ3) is 5.07. The molecule has 0 bridgehead atoms. The standard InChI is InChI=1S/C25H25ClN6O2S/c1-30(2)15-22-27-9-10-31(22)18-4-6-19(7-5-18)32-14-16(11-23(32)33)13-28-24(34)25-29-20-12-17(26)3-8-21(20)35-25/h3-10,12,16H,11,13-15H2,1-2H3,(H,28,34). The summed E-state index contributed by atoms with van der Waals surface area (Å²) >= 11 is 7.34. The molecular formula is C25H25ClN6O2S. The first-order valence-corrected chi connectivity index (χ1v) is 12.5. The Balaban J connectivity index is 1.21. The lowest BCUT2D eigenvalue weighted by Gasteiger charge is -2.18. The van der Waals surface area contributed by atoms with Gasteiger partial charge < -0.3 is 19.7 Å². The van der Waals surface area contributed by atoms with Gasteiger partial charge in [0.15, 0.2) is 5.01 Å². The number of nitrogens with one attached hydrogen (secondary N) is 1. The summed E-state index contributed by atoms with van der Waals surface area (Å²) < 4.78 is 2.96. The summed E-state index contributed by atoms with van der Waals surface area (Å²) in [4.78, 5) is 38.0. The van der Waals surface area contributed by atoms with Crippen molar-refractivity contribution in [1.82, 2.24) is 24.8 Å². The number of carbonyl (C=O) groups excluding carboxylic acids is 2. The minimum atomic E-state index is -0.230. The number of amides is 2. The number of nitrogens with zero attached hydrogens (tertiary/aromatic N) is 5. The number of thiazole rings is 1. The second-order valence-corrected chi connectivity index (χ2v) is 10.4. The van der Waals surface area contributed by atoms with Crippen LogP contribution in [0.4, 0.5) is 5.69 Å². The first-order valence-electron chi connectivity index (χ1n) is 11.3. The van der Waals surface area contributed by atoms with Crippen LogP contribution in [0.25, 0.3) is 15.9 Å². The predicted octanol–water partition coefficient (Wildman–Crippen LogP) is 3.98. The number of hydrogen-bond donors (Lipinski definition) is 1. The molecule has 0 saturated carbocycles. The highest BCUT2D eigenvalue weighted by Gasteiger charge is 2.31. The lowest BCUT2D eigenvalue weighted by Crippen LogP contribution is -2.31. The normalized spacial score (nSPS) is 15.9. The van der Waals surface area contributed by atoms with E-state index in [1.54, 1.807) is 23.2 Å². The Morgan fingerprint density at radius 2 is 1.97 bits per heavy atom. The Morgan fingerprint density at radius 1 is 1.20 bits per heavy atom. The largest absolute Gasteiger partial charge is 0.350 e. The van der Waals surface area contributed by atoms with E-state index >= 15 is 0 Å². The molecule has 2 amide bonds. The molecule has 10 heteroatoms. The van der Waals surface area contributed by atoms with Gasteiger partial charge in [0.25, 0.3) is 5.91 Å². The van der Waals surface area contributed by atoms with Crippen molar-refractivity contribution >= 4 is 50.7 Å². The van der Waals surface area contributed by atoms with E-state index < -0.39 is 0 Å². The fourth-order valence-electron chi connectivity index (χ4n) is 4.24. The molecule has 1 atom stereocenters. The van der Waals surface area contributed by atoms with Gasteiger partial charge in [-0.15, -0.1) is 11.3 Å². The zero-order chi connectivity index (χ0) is 24.5. The molecule has 5 rings (SSSR count). The van der Waals surface area contributed by atoms with Gasteiger partial charge in [-0.1, -0.05) is 11.6 Å². The third-order valence-corrected chi connectivity index (χ3v) is 7.19. The van der Waals surface area contributed by atoms with Crippen molar-refractivity contribution in [2.45, 2.75) is 13.0 Å². The van der Waals surface area contributed by atoms with Crippen molar-refractivity contribution < 1.29 is 9.59 Å². The summed E-state index contributed by atoms with van der Waals surface area (Å²) in [6.07, 6.45) is 4.12. The Morgan fingerprint density at radius 3 is 2.74 bits per heavy atom. The molecule has 1 saturated heterocycles. The highest BCUT2D eigenvalue weighted by Crippen LogP contribution is 2.27. The van der Waals surface area contributed by atoms with Gasteiger partial charge in [-0.2, -0.15) is 0 Å². The van der Waals surface area contributed by atoms with Crippen LogP contribution in [-0.4, -0.2) is 58.4 Å². The van der Waals surface area contributed by atoms with Crippen molar-refractivity contribution in [2.24, 2.45) is 5.92 Å². The molecule has 2 aromatic heterocycles. The number of imidazole rings is 1. The first-order chi connectivity index (χ1) is 16.9. The first kappa shape index (κ1) is 23.5. The summed E-state index contributed by atoms with van der Waals surface area (Å²) in [5.41, 5.74) is 2.56. The zero-order valence-electron chi connectivity index (χ0n) is 19.4. The van der Waals surface area contributed by atoms with E-state index in [0.717, 1.165) is 28.4 Å². The van der Waals surface area contributed by atoms with Gasteiger partial charge in [-0.05, 0) is 56.6 Å². The Kier molecular flexibility index (Phi) is 6.55. The zero-order valence-corrected chi connectivity index (χ0v) is 21.0. The molecule has 180 valence electrons. The number of hydrogen-bond acceptors (Lipinski definition) is 6. The van der Waals surface area contributed by atoms with Crippen LogP contribution in [0.15, 0.2) is 54.9 Å². The van der Waals surface area contributed by atoms with E-state index in [-0.39, 0.29) is 17.7 Å². The molecule has 0 aliphatic carbocycles. The number of halogens is 1. The molecule has 2 aromatic carbocycles. The quantitative estimate of drug-likeness (QED) is 0.408. The molecule has 1 aliphatic heterocycles. The second kappa shape index (κ2) is 9.77. The summed E-state index contributed by atoms with van der Waals surface area (Å²) in [7, 11) is 4.02. The van der Waals surface area contributed by atoms with Crippen molar-refractivity contribution in [1.29, 1.82) is 0 Å². The number of benzene rings is 2. The number of rotatable bonds is 7. The third-order valence-electron chi connectivity index (χ3n) is 5.91. The maximum Gasteiger partial charge on any atom is 0.280 e. The monoisotopic (exact) mass is 508 g/mol. The van der Waals surface area contributed by atoms with Crippen LogP contribution < -0.4 is 10.2 Å². The number of aromatic nitrogens is 3. The molecule has 1 aliphatic rings. The van der Waals surface area contributed by atoms with Gasteiger partial charge in [0, 0.05) is 54.2 Å². The van der Waals surface area contributed by atoms with Crippen molar-refractivity contribution in [3.8, 4) is 5.69 Å². The van der Waals surface area contributed by atoms with E-state index in [9.17, 15) is 9.59 Å². The molecule has 4 aromatic rings. The molecule has 0 spiro atoms. The fourth-order valence-corrected chi connectivity index (χ4v) is 5.27. The molecule has 0 radical (unpaired) electrons. The molecule has 35 heavy (non-hydrogen) atoms. The van der Waals surface area contributed by atoms with Gasteiger partial charge in [0.05, 0.1) is 16.8 Å². The van der Waals surface area contributed by atoms with Gasteiger partial charge >= 0.3 is 0 Å². The van der Waals surface area contributed by atoms with Gasteiger partial charge in [0.1, 0.15) is 5.82 Å². The number of fused-ring (bicyclic) bond motifs is 1. The van der Waals surface area contributed by atoms with E-state index in [0.29, 0.717) is 35.1 Å². The van der Waals surface area contributed by atoms with Gasteiger partial charge in [0.2, 0.25) is 5.91 Å². The van der Waals surface area contributed by atoms with Crippen LogP contribution in [0.3, 0.4) is 0 Å². The highest BCUT2D eigenvalue weighted by atomic mass is 35.5. The second-order valence-electron chi connectivity index (χ2n) is 8.88. The fraction of sp³-hybridized carbons (Fsp3) is 0.280. The van der Waals surface area contributed by atoms with Crippen molar-refractivity contribution in [3.05, 3.63) is 70.7 Å².